The van der Waals surface area contributed by atoms with Gasteiger partial charge >= 0.3 is 0 Å². The molecule has 0 fully saturated rings. The third kappa shape index (κ3) is 4.38. The van der Waals surface area contributed by atoms with Crippen molar-refractivity contribution < 1.29 is 0 Å². The SMILES string of the molecule is C#Cc1ccc(C#Cc2ccc(N(c3ccccc3)c3ccccc3)cc2)cc1. The van der Waals surface area contributed by atoms with Crippen molar-refractivity contribution in [1.82, 2.24) is 0 Å². The average Bonchev–Trinajstić information content (AvgIpc) is 2.80. The zero-order valence-corrected chi connectivity index (χ0v) is 15.9. The number of hydrogen-bond donors (Lipinski definition) is 0. The Morgan fingerprint density at radius 2 is 0.828 bits per heavy atom. The van der Waals surface area contributed by atoms with Crippen molar-refractivity contribution in [2.24, 2.45) is 0 Å². The second-order valence-electron chi connectivity index (χ2n) is 6.53. The highest BCUT2D eigenvalue weighted by atomic mass is 15.1. The van der Waals surface area contributed by atoms with Crippen molar-refractivity contribution in [3.63, 3.8) is 0 Å². The van der Waals surface area contributed by atoms with Gasteiger partial charge in [0.05, 0.1) is 0 Å². The average molecular weight is 369 g/mol. The molecular weight excluding hydrogens is 350 g/mol. The Labute approximate surface area is 172 Å². The standard InChI is InChI=1S/C28H19N/c1-2-23-13-15-24(16-14-23)17-18-25-19-21-28(22-20-25)29(26-9-5-3-6-10-26)27-11-7-4-8-12-27/h1,3-16,19-22H. The normalized spacial score (nSPS) is 9.76. The van der Waals surface area contributed by atoms with Crippen molar-refractivity contribution in [1.29, 1.82) is 0 Å². The maximum absolute atomic E-state index is 5.40. The number of para-hydroxylation sites is 2. The Balaban J connectivity index is 1.63. The highest BCUT2D eigenvalue weighted by Crippen LogP contribution is 2.33. The van der Waals surface area contributed by atoms with E-state index in [-0.39, 0.29) is 0 Å². The molecule has 136 valence electrons. The van der Waals surface area contributed by atoms with Gasteiger partial charge in [0.2, 0.25) is 0 Å². The fourth-order valence-corrected chi connectivity index (χ4v) is 3.09. The molecule has 0 aliphatic heterocycles. The van der Waals surface area contributed by atoms with Crippen molar-refractivity contribution in [2.75, 3.05) is 4.90 Å². The van der Waals surface area contributed by atoms with Gasteiger partial charge in [-0.25, -0.2) is 0 Å². The first kappa shape index (κ1) is 18.2. The molecule has 0 heterocycles. The summed E-state index contributed by atoms with van der Waals surface area (Å²) in [7, 11) is 0. The van der Waals surface area contributed by atoms with E-state index in [9.17, 15) is 0 Å². The fourth-order valence-electron chi connectivity index (χ4n) is 3.09. The largest absolute Gasteiger partial charge is 0.311 e. The second-order valence-corrected chi connectivity index (χ2v) is 6.53. The van der Waals surface area contributed by atoms with E-state index in [4.69, 9.17) is 6.42 Å². The molecule has 0 aliphatic rings. The van der Waals surface area contributed by atoms with Crippen LogP contribution in [0.25, 0.3) is 0 Å². The van der Waals surface area contributed by atoms with Gasteiger partial charge in [0, 0.05) is 33.8 Å². The van der Waals surface area contributed by atoms with Gasteiger partial charge in [0.25, 0.3) is 0 Å². The highest BCUT2D eigenvalue weighted by Gasteiger charge is 2.11. The summed E-state index contributed by atoms with van der Waals surface area (Å²) in [5.74, 6) is 9.03. The molecule has 0 unspecified atom stereocenters. The number of hydrogen-bond acceptors (Lipinski definition) is 1. The molecule has 0 aliphatic carbocycles. The number of terminal acetylenes is 1. The summed E-state index contributed by atoms with van der Waals surface area (Å²) in [6, 6.07) is 36.7. The van der Waals surface area contributed by atoms with Crippen LogP contribution in [0.5, 0.6) is 0 Å². The Kier molecular flexibility index (Phi) is 5.43. The third-order valence-corrected chi connectivity index (χ3v) is 4.56. The van der Waals surface area contributed by atoms with Crippen LogP contribution in [0.4, 0.5) is 17.1 Å². The lowest BCUT2D eigenvalue weighted by Gasteiger charge is -2.25. The van der Waals surface area contributed by atoms with Crippen molar-refractivity contribution in [3.8, 4) is 24.2 Å². The maximum Gasteiger partial charge on any atom is 0.0462 e. The molecule has 29 heavy (non-hydrogen) atoms. The molecular formula is C28H19N. The van der Waals surface area contributed by atoms with Crippen LogP contribution in [0.2, 0.25) is 0 Å². The summed E-state index contributed by atoms with van der Waals surface area (Å²) in [6.07, 6.45) is 5.40. The minimum Gasteiger partial charge on any atom is -0.311 e. The van der Waals surface area contributed by atoms with E-state index in [1.54, 1.807) is 0 Å². The van der Waals surface area contributed by atoms with Gasteiger partial charge in [-0.3, -0.25) is 0 Å². The fraction of sp³-hybridized carbons (Fsp3) is 0. The summed E-state index contributed by atoms with van der Waals surface area (Å²) in [5, 5.41) is 0. The molecule has 4 aromatic rings. The molecule has 0 aromatic heterocycles. The van der Waals surface area contributed by atoms with Crippen LogP contribution in [-0.2, 0) is 0 Å². The van der Waals surface area contributed by atoms with Gasteiger partial charge in [-0.1, -0.05) is 54.2 Å². The molecule has 0 bridgehead atoms. The molecule has 0 N–H and O–H groups in total. The van der Waals surface area contributed by atoms with Gasteiger partial charge in [-0.15, -0.1) is 6.42 Å². The van der Waals surface area contributed by atoms with Gasteiger partial charge in [-0.2, -0.15) is 0 Å². The molecule has 0 spiro atoms. The summed E-state index contributed by atoms with van der Waals surface area (Å²) in [5.41, 5.74) is 6.10. The maximum atomic E-state index is 5.40. The molecule has 0 radical (unpaired) electrons. The van der Waals surface area contributed by atoms with E-state index in [2.05, 4.69) is 95.5 Å². The molecule has 4 aromatic carbocycles. The van der Waals surface area contributed by atoms with E-state index in [1.807, 2.05) is 36.4 Å². The quantitative estimate of drug-likeness (QED) is 0.371. The van der Waals surface area contributed by atoms with Gasteiger partial charge in [0.15, 0.2) is 0 Å². The number of rotatable bonds is 3. The number of nitrogens with zero attached hydrogens (tertiary/aromatic N) is 1. The van der Waals surface area contributed by atoms with Crippen molar-refractivity contribution >= 4 is 17.1 Å². The minimum absolute atomic E-state index is 0.863. The van der Waals surface area contributed by atoms with E-state index >= 15 is 0 Å². The topological polar surface area (TPSA) is 3.24 Å². The lowest BCUT2D eigenvalue weighted by Crippen LogP contribution is -2.09. The highest BCUT2D eigenvalue weighted by molar-refractivity contribution is 5.76. The van der Waals surface area contributed by atoms with Crippen molar-refractivity contribution in [2.45, 2.75) is 0 Å². The van der Waals surface area contributed by atoms with Crippen LogP contribution in [-0.4, -0.2) is 0 Å². The first-order valence-electron chi connectivity index (χ1n) is 9.42. The van der Waals surface area contributed by atoms with E-state index < -0.39 is 0 Å². The first-order chi connectivity index (χ1) is 14.3. The molecule has 1 heteroatoms. The van der Waals surface area contributed by atoms with Crippen LogP contribution in [0, 0.1) is 24.2 Å². The lowest BCUT2D eigenvalue weighted by molar-refractivity contribution is 1.28. The Morgan fingerprint density at radius 3 is 1.28 bits per heavy atom. The monoisotopic (exact) mass is 369 g/mol. The summed E-state index contributed by atoms with van der Waals surface area (Å²) in [6.45, 7) is 0. The van der Waals surface area contributed by atoms with Gasteiger partial charge in [-0.05, 0) is 72.8 Å². The number of anilines is 3. The zero-order chi connectivity index (χ0) is 19.9. The summed E-state index contributed by atoms with van der Waals surface area (Å²) >= 11 is 0. The summed E-state index contributed by atoms with van der Waals surface area (Å²) < 4.78 is 0. The van der Waals surface area contributed by atoms with E-state index in [0.29, 0.717) is 0 Å². The van der Waals surface area contributed by atoms with Gasteiger partial charge in [0.1, 0.15) is 0 Å². The zero-order valence-electron chi connectivity index (χ0n) is 15.9. The third-order valence-electron chi connectivity index (χ3n) is 4.56. The Hall–Kier alpha value is -4.20. The Morgan fingerprint density at radius 1 is 0.448 bits per heavy atom. The van der Waals surface area contributed by atoms with Crippen molar-refractivity contribution in [3.05, 3.63) is 126 Å². The second kappa shape index (κ2) is 8.66. The lowest BCUT2D eigenvalue weighted by atomic mass is 10.1. The molecule has 1 nitrogen and oxygen atoms in total. The molecule has 0 atom stereocenters. The predicted octanol–water partition coefficient (Wildman–Crippen LogP) is 6.54. The number of benzene rings is 4. The Bertz CT molecular complexity index is 1130. The van der Waals surface area contributed by atoms with E-state index in [0.717, 1.165) is 33.8 Å². The molecule has 4 rings (SSSR count). The molecule has 0 saturated heterocycles. The summed E-state index contributed by atoms with van der Waals surface area (Å²) in [4.78, 5) is 2.23. The van der Waals surface area contributed by atoms with Crippen LogP contribution < -0.4 is 4.90 Å². The van der Waals surface area contributed by atoms with Crippen LogP contribution in [0.15, 0.2) is 109 Å². The van der Waals surface area contributed by atoms with E-state index in [1.165, 1.54) is 0 Å². The van der Waals surface area contributed by atoms with Crippen LogP contribution in [0.1, 0.15) is 16.7 Å². The van der Waals surface area contributed by atoms with Crippen LogP contribution >= 0.6 is 0 Å². The predicted molar refractivity (Wildman–Crippen MR) is 121 cm³/mol. The minimum atomic E-state index is 0.863. The van der Waals surface area contributed by atoms with Gasteiger partial charge < -0.3 is 4.90 Å². The molecule has 0 amide bonds. The molecule has 0 saturated carbocycles. The first-order valence-corrected chi connectivity index (χ1v) is 9.42. The smallest absolute Gasteiger partial charge is 0.0462 e. The van der Waals surface area contributed by atoms with Crippen LogP contribution in [0.3, 0.4) is 0 Å².